The molecule has 2 N–H and O–H groups in total. The van der Waals surface area contributed by atoms with Crippen molar-refractivity contribution in [2.45, 2.75) is 31.4 Å². The highest BCUT2D eigenvalue weighted by Gasteiger charge is 2.26. The molecule has 0 spiro atoms. The Kier molecular flexibility index (Phi) is 3.12. The number of aliphatic hydroxyl groups is 1. The molecule has 0 aromatic heterocycles. The molecular weight excluding hydrogens is 217 g/mol. The van der Waals surface area contributed by atoms with Crippen LogP contribution in [-0.2, 0) is 0 Å². The van der Waals surface area contributed by atoms with Crippen LogP contribution >= 0.6 is 11.6 Å². The number of hydrogen-bond acceptors (Lipinski definition) is 2. The van der Waals surface area contributed by atoms with Gasteiger partial charge < -0.3 is 10.4 Å². The molecule has 2 nitrogen and oxygen atoms in total. The van der Waals surface area contributed by atoms with E-state index in [1.807, 2.05) is 0 Å². The molecule has 1 fully saturated rings. The molecule has 0 bridgehead atoms. The third-order valence-electron chi connectivity index (χ3n) is 2.77. The van der Waals surface area contributed by atoms with Crippen LogP contribution in [-0.4, -0.2) is 17.3 Å². The van der Waals surface area contributed by atoms with Crippen LogP contribution in [0.15, 0.2) is 18.2 Å². The maximum absolute atomic E-state index is 13.4. The molecule has 1 saturated carbocycles. The first-order chi connectivity index (χ1) is 7.18. The van der Waals surface area contributed by atoms with Crippen molar-refractivity contribution in [3.63, 3.8) is 0 Å². The fourth-order valence-corrected chi connectivity index (χ4v) is 2.15. The highest BCUT2D eigenvalue weighted by atomic mass is 35.5. The molecule has 0 radical (unpaired) electrons. The number of benzene rings is 1. The topological polar surface area (TPSA) is 32.3 Å². The maximum atomic E-state index is 13.4. The average molecular weight is 230 g/mol. The second-order valence-electron chi connectivity index (χ2n) is 3.85. The van der Waals surface area contributed by atoms with Gasteiger partial charge in [0.25, 0.3) is 0 Å². The second kappa shape index (κ2) is 4.37. The lowest BCUT2D eigenvalue weighted by Gasteiger charge is -2.19. The maximum Gasteiger partial charge on any atom is 0.147 e. The van der Waals surface area contributed by atoms with Crippen molar-refractivity contribution >= 4 is 17.3 Å². The summed E-state index contributed by atoms with van der Waals surface area (Å²) in [6, 6.07) is 4.47. The molecule has 2 rings (SSSR count). The largest absolute Gasteiger partial charge is 0.391 e. The van der Waals surface area contributed by atoms with E-state index in [9.17, 15) is 9.50 Å². The fraction of sp³-hybridized carbons (Fsp3) is 0.455. The Morgan fingerprint density at radius 1 is 1.40 bits per heavy atom. The number of anilines is 1. The SMILES string of the molecule is O[C@H]1CCC[C@@H]1Nc1c(F)cccc1Cl. The van der Waals surface area contributed by atoms with Crippen molar-refractivity contribution in [3.05, 3.63) is 29.0 Å². The Labute approximate surface area is 93.1 Å². The molecule has 15 heavy (non-hydrogen) atoms. The summed E-state index contributed by atoms with van der Waals surface area (Å²) in [4.78, 5) is 0. The molecular formula is C11H13ClFNO. The monoisotopic (exact) mass is 229 g/mol. The first kappa shape index (κ1) is 10.7. The molecule has 1 aliphatic rings. The molecule has 0 amide bonds. The predicted octanol–water partition coefficient (Wildman–Crippen LogP) is 2.80. The van der Waals surface area contributed by atoms with E-state index < -0.39 is 6.10 Å². The van der Waals surface area contributed by atoms with E-state index in [1.54, 1.807) is 12.1 Å². The van der Waals surface area contributed by atoms with Crippen LogP contribution in [0.1, 0.15) is 19.3 Å². The lowest BCUT2D eigenvalue weighted by Crippen LogP contribution is -2.28. The van der Waals surface area contributed by atoms with Crippen molar-refractivity contribution in [1.29, 1.82) is 0 Å². The summed E-state index contributed by atoms with van der Waals surface area (Å²) < 4.78 is 13.4. The zero-order valence-electron chi connectivity index (χ0n) is 8.21. The number of hydrogen-bond donors (Lipinski definition) is 2. The van der Waals surface area contributed by atoms with Crippen LogP contribution in [0, 0.1) is 5.82 Å². The minimum absolute atomic E-state index is 0.0839. The van der Waals surface area contributed by atoms with Crippen LogP contribution in [0.2, 0.25) is 5.02 Å². The van der Waals surface area contributed by atoms with E-state index in [0.717, 1.165) is 19.3 Å². The summed E-state index contributed by atoms with van der Waals surface area (Å²) in [7, 11) is 0. The first-order valence-electron chi connectivity index (χ1n) is 5.07. The Bertz CT molecular complexity index is 338. The van der Waals surface area contributed by atoms with Crippen molar-refractivity contribution in [3.8, 4) is 0 Å². The van der Waals surface area contributed by atoms with E-state index in [-0.39, 0.29) is 11.9 Å². The number of halogens is 2. The van der Waals surface area contributed by atoms with Gasteiger partial charge in [0.1, 0.15) is 5.82 Å². The first-order valence-corrected chi connectivity index (χ1v) is 5.45. The Morgan fingerprint density at radius 2 is 2.20 bits per heavy atom. The molecule has 0 heterocycles. The third kappa shape index (κ3) is 2.24. The lowest BCUT2D eigenvalue weighted by molar-refractivity contribution is 0.171. The van der Waals surface area contributed by atoms with Gasteiger partial charge in [0.05, 0.1) is 22.9 Å². The van der Waals surface area contributed by atoms with Gasteiger partial charge in [0.2, 0.25) is 0 Å². The summed E-state index contributed by atoms with van der Waals surface area (Å²) in [6.07, 6.45) is 2.18. The van der Waals surface area contributed by atoms with Crippen LogP contribution < -0.4 is 5.32 Å². The van der Waals surface area contributed by atoms with E-state index in [2.05, 4.69) is 5.32 Å². The van der Waals surface area contributed by atoms with Crippen LogP contribution in [0.3, 0.4) is 0 Å². The zero-order chi connectivity index (χ0) is 10.8. The highest BCUT2D eigenvalue weighted by molar-refractivity contribution is 6.33. The lowest BCUT2D eigenvalue weighted by atomic mass is 10.2. The predicted molar refractivity (Wildman–Crippen MR) is 58.7 cm³/mol. The van der Waals surface area contributed by atoms with Crippen molar-refractivity contribution in [1.82, 2.24) is 0 Å². The Balaban J connectivity index is 2.16. The summed E-state index contributed by atoms with van der Waals surface area (Å²) in [5, 5.41) is 12.9. The molecule has 0 saturated heterocycles. The third-order valence-corrected chi connectivity index (χ3v) is 3.09. The van der Waals surface area contributed by atoms with Gasteiger partial charge >= 0.3 is 0 Å². The van der Waals surface area contributed by atoms with Gasteiger partial charge in [-0.05, 0) is 31.4 Å². The smallest absolute Gasteiger partial charge is 0.147 e. The molecule has 82 valence electrons. The molecule has 1 aliphatic carbocycles. The van der Waals surface area contributed by atoms with Gasteiger partial charge in [-0.1, -0.05) is 17.7 Å². The number of aliphatic hydroxyl groups excluding tert-OH is 1. The minimum Gasteiger partial charge on any atom is -0.391 e. The molecule has 4 heteroatoms. The van der Waals surface area contributed by atoms with Gasteiger partial charge in [-0.25, -0.2) is 4.39 Å². The van der Waals surface area contributed by atoms with E-state index in [0.29, 0.717) is 10.7 Å². The standard InChI is InChI=1S/C11H13ClFNO/c12-7-3-1-4-8(13)11(7)14-9-5-2-6-10(9)15/h1,3-4,9-10,14-15H,2,5-6H2/t9-,10-/m0/s1. The van der Waals surface area contributed by atoms with Crippen LogP contribution in [0.5, 0.6) is 0 Å². The number of para-hydroxylation sites is 1. The van der Waals surface area contributed by atoms with Crippen molar-refractivity contribution in [2.75, 3.05) is 5.32 Å². The number of nitrogens with one attached hydrogen (secondary N) is 1. The van der Waals surface area contributed by atoms with Gasteiger partial charge in [-0.2, -0.15) is 0 Å². The summed E-state index contributed by atoms with van der Waals surface area (Å²) >= 11 is 5.87. The van der Waals surface area contributed by atoms with Crippen molar-refractivity contribution < 1.29 is 9.50 Å². The van der Waals surface area contributed by atoms with Gasteiger partial charge in [-0.3, -0.25) is 0 Å². The molecule has 1 aromatic rings. The van der Waals surface area contributed by atoms with E-state index >= 15 is 0 Å². The highest BCUT2D eigenvalue weighted by Crippen LogP contribution is 2.29. The van der Waals surface area contributed by atoms with Crippen molar-refractivity contribution in [2.24, 2.45) is 0 Å². The van der Waals surface area contributed by atoms with Gasteiger partial charge in [0, 0.05) is 0 Å². The van der Waals surface area contributed by atoms with Gasteiger partial charge in [0.15, 0.2) is 0 Å². The minimum atomic E-state index is -0.402. The molecule has 1 aromatic carbocycles. The van der Waals surface area contributed by atoms with Crippen LogP contribution in [0.25, 0.3) is 0 Å². The van der Waals surface area contributed by atoms with E-state index in [1.165, 1.54) is 6.07 Å². The molecule has 0 aliphatic heterocycles. The normalized spacial score (nSPS) is 25.5. The second-order valence-corrected chi connectivity index (χ2v) is 4.25. The van der Waals surface area contributed by atoms with Crippen LogP contribution in [0.4, 0.5) is 10.1 Å². The van der Waals surface area contributed by atoms with Gasteiger partial charge in [-0.15, -0.1) is 0 Å². The average Bonchev–Trinajstić information content (AvgIpc) is 2.58. The Morgan fingerprint density at radius 3 is 2.80 bits per heavy atom. The number of rotatable bonds is 2. The summed E-state index contributed by atoms with van der Waals surface area (Å²) in [5.74, 6) is -0.374. The molecule has 0 unspecified atom stereocenters. The Hall–Kier alpha value is -0.800. The fourth-order valence-electron chi connectivity index (χ4n) is 1.93. The van der Waals surface area contributed by atoms with E-state index in [4.69, 9.17) is 11.6 Å². The zero-order valence-corrected chi connectivity index (χ0v) is 8.97. The molecule has 2 atom stereocenters. The quantitative estimate of drug-likeness (QED) is 0.818. The summed E-state index contributed by atoms with van der Waals surface area (Å²) in [6.45, 7) is 0. The summed E-state index contributed by atoms with van der Waals surface area (Å²) in [5.41, 5.74) is 0.296.